The van der Waals surface area contributed by atoms with Crippen LogP contribution in [-0.4, -0.2) is 36.7 Å². The second-order valence-corrected chi connectivity index (χ2v) is 10.1. The molecule has 3 aromatic rings. The van der Waals surface area contributed by atoms with Crippen LogP contribution in [0.3, 0.4) is 0 Å². The molecule has 1 saturated heterocycles. The Morgan fingerprint density at radius 1 is 1.17 bits per heavy atom. The quantitative estimate of drug-likeness (QED) is 0.636. The van der Waals surface area contributed by atoms with E-state index in [4.69, 9.17) is 0 Å². The van der Waals surface area contributed by atoms with Gasteiger partial charge in [-0.3, -0.25) is 4.79 Å². The van der Waals surface area contributed by atoms with Crippen molar-refractivity contribution < 1.29 is 13.2 Å². The lowest BCUT2D eigenvalue weighted by Gasteiger charge is -2.15. The van der Waals surface area contributed by atoms with Gasteiger partial charge in [-0.05, 0) is 43.0 Å². The molecule has 1 atom stereocenters. The van der Waals surface area contributed by atoms with Gasteiger partial charge >= 0.3 is 0 Å². The monoisotopic (exact) mass is 429 g/mol. The van der Waals surface area contributed by atoms with E-state index in [-0.39, 0.29) is 16.7 Å². The Morgan fingerprint density at radius 3 is 2.59 bits per heavy atom. The molecule has 6 nitrogen and oxygen atoms in total. The van der Waals surface area contributed by atoms with Crippen molar-refractivity contribution in [3.63, 3.8) is 0 Å². The first-order valence-corrected chi connectivity index (χ1v) is 12.0. The van der Waals surface area contributed by atoms with E-state index in [0.29, 0.717) is 30.2 Å². The molecule has 1 aliphatic heterocycles. The van der Waals surface area contributed by atoms with Gasteiger partial charge in [-0.1, -0.05) is 48.6 Å². The van der Waals surface area contributed by atoms with Crippen molar-refractivity contribution in [3.05, 3.63) is 54.1 Å². The topological polar surface area (TPSA) is 79.4 Å². The molecule has 1 aliphatic rings. The van der Waals surface area contributed by atoms with Gasteiger partial charge in [0.1, 0.15) is 0 Å². The highest BCUT2D eigenvalue weighted by Gasteiger charge is 2.27. The molecule has 29 heavy (non-hydrogen) atoms. The van der Waals surface area contributed by atoms with Crippen LogP contribution in [-0.2, 0) is 14.8 Å². The summed E-state index contributed by atoms with van der Waals surface area (Å²) in [5, 5.41) is 3.38. The fraction of sp³-hybridized carbons (Fsp3) is 0.333. The number of carbonyl (C=O) groups excluding carboxylic acids is 1. The van der Waals surface area contributed by atoms with E-state index in [2.05, 4.69) is 10.3 Å². The summed E-state index contributed by atoms with van der Waals surface area (Å²) in [5.41, 5.74) is 1.64. The number of thiazole rings is 1. The van der Waals surface area contributed by atoms with Crippen LogP contribution >= 0.6 is 11.3 Å². The summed E-state index contributed by atoms with van der Waals surface area (Å²) < 4.78 is 27.9. The number of anilines is 1. The fourth-order valence-corrected chi connectivity index (χ4v) is 6.17. The molecule has 1 N–H and O–H groups in total. The lowest BCUT2D eigenvalue weighted by molar-refractivity contribution is -0.117. The minimum Gasteiger partial charge on any atom is -0.301 e. The van der Waals surface area contributed by atoms with Gasteiger partial charge in [-0.2, -0.15) is 4.31 Å². The SMILES string of the molecule is CCC(C(=O)Nc1nc2ccc(S(=O)(=O)N3CCCC3)cc2s1)c1ccccc1. The molecule has 1 amide bonds. The van der Waals surface area contributed by atoms with Crippen LogP contribution in [0, 0.1) is 0 Å². The molecule has 2 heterocycles. The van der Waals surface area contributed by atoms with Crippen molar-refractivity contribution in [2.45, 2.75) is 37.0 Å². The first-order valence-electron chi connectivity index (χ1n) is 9.75. The van der Waals surface area contributed by atoms with Crippen LogP contribution in [0.2, 0.25) is 0 Å². The summed E-state index contributed by atoms with van der Waals surface area (Å²) in [6.07, 6.45) is 2.48. The number of amides is 1. The number of nitrogens with one attached hydrogen (secondary N) is 1. The van der Waals surface area contributed by atoms with Gasteiger partial charge in [0.15, 0.2) is 5.13 Å². The Balaban J connectivity index is 1.57. The van der Waals surface area contributed by atoms with Crippen molar-refractivity contribution in [3.8, 4) is 0 Å². The molecule has 2 aromatic carbocycles. The Morgan fingerprint density at radius 2 is 1.90 bits per heavy atom. The number of carbonyl (C=O) groups is 1. The van der Waals surface area contributed by atoms with E-state index in [1.165, 1.54) is 15.6 Å². The zero-order chi connectivity index (χ0) is 20.4. The van der Waals surface area contributed by atoms with Gasteiger partial charge in [0.05, 0.1) is 21.0 Å². The van der Waals surface area contributed by atoms with Gasteiger partial charge in [-0.15, -0.1) is 0 Å². The Kier molecular flexibility index (Phi) is 5.67. The number of fused-ring (bicyclic) bond motifs is 1. The summed E-state index contributed by atoms with van der Waals surface area (Å²) in [5.74, 6) is -0.364. The summed E-state index contributed by atoms with van der Waals surface area (Å²) >= 11 is 1.30. The average Bonchev–Trinajstić information content (AvgIpc) is 3.38. The number of rotatable bonds is 6. The lowest BCUT2D eigenvalue weighted by atomic mass is 9.96. The Labute approximate surface area is 174 Å². The molecule has 4 rings (SSSR count). The molecule has 0 aliphatic carbocycles. The molecule has 0 spiro atoms. The van der Waals surface area contributed by atoms with Crippen LogP contribution in [0.5, 0.6) is 0 Å². The number of benzene rings is 2. The average molecular weight is 430 g/mol. The molecule has 1 aromatic heterocycles. The molecular formula is C21H23N3O3S2. The number of aromatic nitrogens is 1. The Hall–Kier alpha value is -2.29. The lowest BCUT2D eigenvalue weighted by Crippen LogP contribution is -2.27. The zero-order valence-electron chi connectivity index (χ0n) is 16.2. The molecule has 152 valence electrons. The normalized spacial score (nSPS) is 16.2. The van der Waals surface area contributed by atoms with E-state index in [1.54, 1.807) is 18.2 Å². The van der Waals surface area contributed by atoms with Crippen molar-refractivity contribution in [2.75, 3.05) is 18.4 Å². The third kappa shape index (κ3) is 4.05. The number of hydrogen-bond acceptors (Lipinski definition) is 5. The highest BCUT2D eigenvalue weighted by atomic mass is 32.2. The number of hydrogen-bond donors (Lipinski definition) is 1. The Bertz CT molecular complexity index is 1120. The van der Waals surface area contributed by atoms with Crippen LogP contribution in [0.15, 0.2) is 53.4 Å². The maximum atomic E-state index is 12.8. The van der Waals surface area contributed by atoms with Gasteiger partial charge in [0.2, 0.25) is 15.9 Å². The standard InChI is InChI=1S/C21H23N3O3S2/c1-2-17(15-8-4-3-5-9-15)20(25)23-21-22-18-11-10-16(14-19(18)28-21)29(26,27)24-12-6-7-13-24/h3-5,8-11,14,17H,2,6-7,12-13H2,1H3,(H,22,23,25). The molecule has 0 radical (unpaired) electrons. The van der Waals surface area contributed by atoms with Crippen molar-refractivity contribution in [1.29, 1.82) is 0 Å². The van der Waals surface area contributed by atoms with Gasteiger partial charge in [0.25, 0.3) is 0 Å². The van der Waals surface area contributed by atoms with E-state index in [9.17, 15) is 13.2 Å². The van der Waals surface area contributed by atoms with E-state index >= 15 is 0 Å². The highest BCUT2D eigenvalue weighted by Crippen LogP contribution is 2.31. The number of nitrogens with zero attached hydrogens (tertiary/aromatic N) is 2. The predicted molar refractivity (Wildman–Crippen MR) is 116 cm³/mol. The third-order valence-corrected chi connectivity index (χ3v) is 8.05. The first kappa shape index (κ1) is 20.0. The molecule has 8 heteroatoms. The fourth-order valence-electron chi connectivity index (χ4n) is 3.65. The van der Waals surface area contributed by atoms with Crippen LogP contribution < -0.4 is 5.32 Å². The van der Waals surface area contributed by atoms with Crippen LogP contribution in [0.1, 0.15) is 37.7 Å². The van der Waals surface area contributed by atoms with Gasteiger partial charge in [-0.25, -0.2) is 13.4 Å². The second-order valence-electron chi connectivity index (χ2n) is 7.12. The van der Waals surface area contributed by atoms with E-state index < -0.39 is 10.0 Å². The smallest absolute Gasteiger partial charge is 0.243 e. The van der Waals surface area contributed by atoms with Crippen LogP contribution in [0.25, 0.3) is 10.2 Å². The highest BCUT2D eigenvalue weighted by molar-refractivity contribution is 7.89. The van der Waals surface area contributed by atoms with Crippen molar-refractivity contribution in [1.82, 2.24) is 9.29 Å². The maximum absolute atomic E-state index is 12.8. The summed E-state index contributed by atoms with van der Waals surface area (Å²) in [6.45, 7) is 3.12. The van der Waals surface area contributed by atoms with Crippen molar-refractivity contribution in [2.24, 2.45) is 0 Å². The van der Waals surface area contributed by atoms with Gasteiger partial charge < -0.3 is 5.32 Å². The zero-order valence-corrected chi connectivity index (χ0v) is 17.8. The van der Waals surface area contributed by atoms with E-state index in [0.717, 1.165) is 23.1 Å². The molecular weight excluding hydrogens is 406 g/mol. The second kappa shape index (κ2) is 8.22. The largest absolute Gasteiger partial charge is 0.301 e. The molecule has 0 bridgehead atoms. The predicted octanol–water partition coefficient (Wildman–Crippen LogP) is 4.21. The minimum absolute atomic E-state index is 0.109. The third-order valence-electron chi connectivity index (χ3n) is 5.22. The summed E-state index contributed by atoms with van der Waals surface area (Å²) in [6, 6.07) is 14.6. The summed E-state index contributed by atoms with van der Waals surface area (Å²) in [7, 11) is -3.47. The molecule has 0 saturated carbocycles. The number of sulfonamides is 1. The maximum Gasteiger partial charge on any atom is 0.243 e. The van der Waals surface area contributed by atoms with Gasteiger partial charge in [0, 0.05) is 13.1 Å². The first-order chi connectivity index (χ1) is 14.0. The summed E-state index contributed by atoms with van der Waals surface area (Å²) in [4.78, 5) is 17.5. The van der Waals surface area contributed by atoms with E-state index in [1.807, 2.05) is 37.3 Å². The van der Waals surface area contributed by atoms with Crippen molar-refractivity contribution >= 4 is 42.6 Å². The van der Waals surface area contributed by atoms with Crippen LogP contribution in [0.4, 0.5) is 5.13 Å². The molecule has 1 fully saturated rings. The minimum atomic E-state index is -3.47. The molecule has 1 unspecified atom stereocenters.